The van der Waals surface area contributed by atoms with Crippen LogP contribution in [0.5, 0.6) is 0 Å². The van der Waals surface area contributed by atoms with Crippen LogP contribution in [0.2, 0.25) is 0 Å². The van der Waals surface area contributed by atoms with Gasteiger partial charge >= 0.3 is 5.97 Å². The van der Waals surface area contributed by atoms with Crippen molar-refractivity contribution >= 4 is 11.9 Å². The summed E-state index contributed by atoms with van der Waals surface area (Å²) in [5.41, 5.74) is -0.893. The largest absolute Gasteiger partial charge is 0.481 e. The molecule has 136 valence electrons. The molecule has 2 aliphatic heterocycles. The molecule has 0 radical (unpaired) electrons. The second-order valence-electron chi connectivity index (χ2n) is 7.40. The van der Waals surface area contributed by atoms with Crippen molar-refractivity contribution in [3.05, 3.63) is 35.6 Å². The number of halogens is 1. The van der Waals surface area contributed by atoms with E-state index in [0.717, 1.165) is 5.56 Å². The molecule has 0 aromatic heterocycles. The summed E-state index contributed by atoms with van der Waals surface area (Å²) in [6.07, 6.45) is 2.29. The summed E-state index contributed by atoms with van der Waals surface area (Å²) in [5.74, 6) is -1.27. The lowest BCUT2D eigenvalue weighted by molar-refractivity contribution is -0.156. The lowest BCUT2D eigenvalue weighted by Crippen LogP contribution is -2.55. The Morgan fingerprint density at radius 3 is 2.40 bits per heavy atom. The highest BCUT2D eigenvalue weighted by Gasteiger charge is 2.47. The molecular formula is C19H24FNO4. The first-order valence-electron chi connectivity index (χ1n) is 8.74. The Balaban J connectivity index is 1.92. The highest BCUT2D eigenvalue weighted by Crippen LogP contribution is 2.39. The number of nitrogens with zero attached hydrogens (tertiary/aromatic N) is 1. The smallest absolute Gasteiger partial charge is 0.311 e. The maximum atomic E-state index is 13.5. The van der Waals surface area contributed by atoms with E-state index in [9.17, 15) is 19.1 Å². The predicted octanol–water partition coefficient (Wildman–Crippen LogP) is 2.59. The van der Waals surface area contributed by atoms with Crippen LogP contribution in [0.4, 0.5) is 4.39 Å². The minimum absolute atomic E-state index is 0.0606. The lowest BCUT2D eigenvalue weighted by Gasteiger charge is -2.44. The van der Waals surface area contributed by atoms with Gasteiger partial charge in [0.05, 0.1) is 10.8 Å². The highest BCUT2D eigenvalue weighted by molar-refractivity contribution is 5.89. The van der Waals surface area contributed by atoms with Crippen molar-refractivity contribution in [2.24, 2.45) is 5.41 Å². The number of carboxylic acids is 1. The molecule has 25 heavy (non-hydrogen) atoms. The van der Waals surface area contributed by atoms with Gasteiger partial charge in [0.15, 0.2) is 0 Å². The van der Waals surface area contributed by atoms with Crippen LogP contribution >= 0.6 is 0 Å². The molecular weight excluding hydrogens is 325 g/mol. The Morgan fingerprint density at radius 2 is 1.80 bits per heavy atom. The van der Waals surface area contributed by atoms with Crippen LogP contribution in [0, 0.1) is 11.2 Å². The zero-order valence-electron chi connectivity index (χ0n) is 14.5. The summed E-state index contributed by atoms with van der Waals surface area (Å²) >= 11 is 0. The standard InChI is InChI=1S/C19H24FNO4/c1-18(17(23)24)7-2-10-21(13-18)16(22)19(8-11-25-12-9-19)14-3-5-15(20)6-4-14/h3-6H,2,7-13H2,1H3,(H,23,24). The van der Waals surface area contributed by atoms with Gasteiger partial charge in [-0.05, 0) is 50.3 Å². The van der Waals surface area contributed by atoms with Crippen LogP contribution in [0.25, 0.3) is 0 Å². The van der Waals surface area contributed by atoms with Crippen molar-refractivity contribution in [2.45, 2.75) is 38.0 Å². The number of hydrogen-bond donors (Lipinski definition) is 1. The number of carbonyl (C=O) groups excluding carboxylic acids is 1. The molecule has 1 unspecified atom stereocenters. The van der Waals surface area contributed by atoms with E-state index in [-0.39, 0.29) is 18.3 Å². The Morgan fingerprint density at radius 1 is 1.16 bits per heavy atom. The number of aliphatic carboxylic acids is 1. The van der Waals surface area contributed by atoms with Crippen LogP contribution < -0.4 is 0 Å². The molecule has 2 fully saturated rings. The number of benzene rings is 1. The number of likely N-dealkylation sites (tertiary alicyclic amines) is 1. The fourth-order valence-electron chi connectivity index (χ4n) is 4.00. The van der Waals surface area contributed by atoms with E-state index in [2.05, 4.69) is 0 Å². The van der Waals surface area contributed by atoms with Gasteiger partial charge in [-0.25, -0.2) is 4.39 Å². The third kappa shape index (κ3) is 3.27. The minimum atomic E-state index is -0.914. The first-order valence-corrected chi connectivity index (χ1v) is 8.74. The topological polar surface area (TPSA) is 66.8 Å². The fraction of sp³-hybridized carbons (Fsp3) is 0.579. The van der Waals surface area contributed by atoms with Gasteiger partial charge < -0.3 is 14.7 Å². The van der Waals surface area contributed by atoms with Crippen molar-refractivity contribution in [3.8, 4) is 0 Å². The van der Waals surface area contributed by atoms with Crippen molar-refractivity contribution in [1.29, 1.82) is 0 Å². The Bertz CT molecular complexity index is 654. The van der Waals surface area contributed by atoms with Crippen LogP contribution in [0.3, 0.4) is 0 Å². The second kappa shape index (κ2) is 6.75. The Labute approximate surface area is 146 Å². The minimum Gasteiger partial charge on any atom is -0.481 e. The molecule has 1 aromatic carbocycles. The van der Waals surface area contributed by atoms with Gasteiger partial charge in [0.1, 0.15) is 5.82 Å². The average Bonchev–Trinajstić information content (AvgIpc) is 2.62. The molecule has 2 heterocycles. The Kier molecular flexibility index (Phi) is 4.82. The summed E-state index contributed by atoms with van der Waals surface area (Å²) in [7, 11) is 0. The maximum absolute atomic E-state index is 13.5. The Hall–Kier alpha value is -1.95. The molecule has 0 aliphatic carbocycles. The predicted molar refractivity (Wildman–Crippen MR) is 89.7 cm³/mol. The normalized spacial score (nSPS) is 26.2. The van der Waals surface area contributed by atoms with Gasteiger partial charge in [-0.3, -0.25) is 9.59 Å². The maximum Gasteiger partial charge on any atom is 0.311 e. The van der Waals surface area contributed by atoms with Crippen LogP contribution in [0.1, 0.15) is 38.2 Å². The number of rotatable bonds is 3. The molecule has 5 nitrogen and oxygen atoms in total. The highest BCUT2D eigenvalue weighted by atomic mass is 19.1. The van der Waals surface area contributed by atoms with Gasteiger partial charge in [-0.1, -0.05) is 12.1 Å². The van der Waals surface area contributed by atoms with E-state index in [1.165, 1.54) is 12.1 Å². The van der Waals surface area contributed by atoms with Crippen LogP contribution in [0.15, 0.2) is 24.3 Å². The molecule has 0 spiro atoms. The van der Waals surface area contributed by atoms with E-state index in [1.807, 2.05) is 0 Å². The third-order valence-electron chi connectivity index (χ3n) is 5.65. The van der Waals surface area contributed by atoms with Crippen molar-refractivity contribution < 1.29 is 23.8 Å². The summed E-state index contributed by atoms with van der Waals surface area (Å²) in [6, 6.07) is 6.08. The van der Waals surface area contributed by atoms with Gasteiger partial charge in [0.2, 0.25) is 5.91 Å². The first kappa shape index (κ1) is 17.9. The number of ether oxygens (including phenoxy) is 1. The summed E-state index contributed by atoms with van der Waals surface area (Å²) in [5, 5.41) is 9.52. The van der Waals surface area contributed by atoms with Gasteiger partial charge in [-0.15, -0.1) is 0 Å². The number of hydrogen-bond acceptors (Lipinski definition) is 3. The zero-order chi connectivity index (χ0) is 18.1. The molecule has 0 bridgehead atoms. The molecule has 1 atom stereocenters. The van der Waals surface area contributed by atoms with E-state index >= 15 is 0 Å². The molecule has 6 heteroatoms. The van der Waals surface area contributed by atoms with E-state index < -0.39 is 16.8 Å². The van der Waals surface area contributed by atoms with Crippen molar-refractivity contribution in [1.82, 2.24) is 4.90 Å². The number of amides is 1. The van der Waals surface area contributed by atoms with Crippen LogP contribution in [-0.2, 0) is 19.7 Å². The second-order valence-corrected chi connectivity index (χ2v) is 7.40. The van der Waals surface area contributed by atoms with Gasteiger partial charge in [0, 0.05) is 26.3 Å². The van der Waals surface area contributed by atoms with Crippen molar-refractivity contribution in [3.63, 3.8) is 0 Å². The molecule has 0 saturated carbocycles. The molecule has 2 saturated heterocycles. The van der Waals surface area contributed by atoms with Crippen LogP contribution in [-0.4, -0.2) is 48.2 Å². The van der Waals surface area contributed by atoms with Crippen molar-refractivity contribution in [2.75, 3.05) is 26.3 Å². The van der Waals surface area contributed by atoms with E-state index in [0.29, 0.717) is 45.4 Å². The molecule has 3 rings (SSSR count). The summed E-state index contributed by atoms with van der Waals surface area (Å²) in [6.45, 7) is 3.40. The van der Waals surface area contributed by atoms with Gasteiger partial charge in [-0.2, -0.15) is 0 Å². The molecule has 1 N–H and O–H groups in total. The average molecular weight is 349 g/mol. The lowest BCUT2D eigenvalue weighted by atomic mass is 9.72. The zero-order valence-corrected chi connectivity index (χ0v) is 14.5. The fourth-order valence-corrected chi connectivity index (χ4v) is 4.00. The third-order valence-corrected chi connectivity index (χ3v) is 5.65. The number of piperidine rings is 1. The monoisotopic (exact) mass is 349 g/mol. The van der Waals surface area contributed by atoms with E-state index in [1.54, 1.807) is 24.0 Å². The SMILES string of the molecule is CC1(C(=O)O)CCCN(C(=O)C2(c3ccc(F)cc3)CCOCC2)C1. The number of carbonyl (C=O) groups is 2. The first-order chi connectivity index (χ1) is 11.9. The molecule has 1 aromatic rings. The quantitative estimate of drug-likeness (QED) is 0.911. The molecule has 1 amide bonds. The summed E-state index contributed by atoms with van der Waals surface area (Å²) in [4.78, 5) is 26.7. The number of carboxylic acid groups (broad SMARTS) is 1. The van der Waals surface area contributed by atoms with Gasteiger partial charge in [0.25, 0.3) is 0 Å². The summed E-state index contributed by atoms with van der Waals surface area (Å²) < 4.78 is 18.8. The van der Waals surface area contributed by atoms with E-state index in [4.69, 9.17) is 4.74 Å². The molecule has 2 aliphatic rings.